The van der Waals surface area contributed by atoms with Crippen molar-refractivity contribution >= 4 is 15.9 Å². The van der Waals surface area contributed by atoms with Crippen molar-refractivity contribution in [3.63, 3.8) is 0 Å². The highest BCUT2D eigenvalue weighted by Crippen LogP contribution is 2.29. The normalized spacial score (nSPS) is 10.5. The highest BCUT2D eigenvalue weighted by Gasteiger charge is 2.08. The minimum Gasteiger partial charge on any atom is -0.356 e. The molecule has 0 spiro atoms. The molecule has 0 aliphatic heterocycles. The largest absolute Gasteiger partial charge is 0.356 e. The maximum Gasteiger partial charge on any atom is 0.168 e. The molecule has 0 saturated carbocycles. The monoisotopic (exact) mass is 255 g/mol. The summed E-state index contributed by atoms with van der Waals surface area (Å²) in [5, 5.41) is 3.77. The van der Waals surface area contributed by atoms with Crippen molar-refractivity contribution in [2.45, 2.75) is 6.92 Å². The van der Waals surface area contributed by atoms with Gasteiger partial charge in [0.05, 0.1) is 5.69 Å². The smallest absolute Gasteiger partial charge is 0.168 e. The Morgan fingerprint density at radius 3 is 2.71 bits per heavy atom. The summed E-state index contributed by atoms with van der Waals surface area (Å²) in [6.07, 6.45) is 0. The van der Waals surface area contributed by atoms with Gasteiger partial charge in [0.1, 0.15) is 5.82 Å². The Hall–Kier alpha value is -1.16. The molecule has 1 aromatic heterocycles. The van der Waals surface area contributed by atoms with Crippen LogP contribution < -0.4 is 0 Å². The zero-order valence-electron chi connectivity index (χ0n) is 7.42. The van der Waals surface area contributed by atoms with Gasteiger partial charge in [-0.1, -0.05) is 5.16 Å². The molecule has 2 nitrogen and oxygen atoms in total. The molecule has 1 aromatic carbocycles. The van der Waals surface area contributed by atoms with Gasteiger partial charge in [-0.25, -0.2) is 4.39 Å². The van der Waals surface area contributed by atoms with E-state index in [9.17, 15) is 4.39 Å². The molecule has 0 atom stereocenters. The maximum absolute atomic E-state index is 12.8. The van der Waals surface area contributed by atoms with Crippen LogP contribution in [0, 0.1) is 12.7 Å². The van der Waals surface area contributed by atoms with Gasteiger partial charge in [0.25, 0.3) is 0 Å². The van der Waals surface area contributed by atoms with Crippen LogP contribution in [0.1, 0.15) is 5.69 Å². The summed E-state index contributed by atoms with van der Waals surface area (Å²) in [7, 11) is 0. The Morgan fingerprint density at radius 1 is 1.36 bits per heavy atom. The summed E-state index contributed by atoms with van der Waals surface area (Å²) in [4.78, 5) is 0. The molecule has 4 heteroatoms. The predicted molar refractivity (Wildman–Crippen MR) is 54.3 cm³/mol. The van der Waals surface area contributed by atoms with Gasteiger partial charge >= 0.3 is 0 Å². The van der Waals surface area contributed by atoms with E-state index in [1.165, 1.54) is 12.1 Å². The quantitative estimate of drug-likeness (QED) is 0.779. The molecule has 0 radical (unpaired) electrons. The standard InChI is InChI=1S/C10H7BrFNO/c1-6-4-10(14-13-6)8-3-2-7(12)5-9(8)11/h2-5H,1H3. The molecule has 0 fully saturated rings. The average molecular weight is 256 g/mol. The number of aromatic nitrogens is 1. The van der Waals surface area contributed by atoms with Gasteiger partial charge in [-0.05, 0) is 41.1 Å². The fourth-order valence-electron chi connectivity index (χ4n) is 1.18. The van der Waals surface area contributed by atoms with Crippen molar-refractivity contribution < 1.29 is 8.91 Å². The number of benzene rings is 1. The van der Waals surface area contributed by atoms with E-state index in [0.717, 1.165) is 11.3 Å². The topological polar surface area (TPSA) is 26.0 Å². The highest BCUT2D eigenvalue weighted by atomic mass is 79.9. The van der Waals surface area contributed by atoms with Crippen molar-refractivity contribution in [2.24, 2.45) is 0 Å². The second kappa shape index (κ2) is 3.53. The Kier molecular flexibility index (Phi) is 2.37. The Morgan fingerprint density at radius 2 is 2.14 bits per heavy atom. The first-order valence-electron chi connectivity index (χ1n) is 4.05. The minimum atomic E-state index is -0.281. The molecule has 0 N–H and O–H groups in total. The maximum atomic E-state index is 12.8. The van der Waals surface area contributed by atoms with Gasteiger partial charge < -0.3 is 4.52 Å². The van der Waals surface area contributed by atoms with Crippen LogP contribution in [0.15, 0.2) is 33.3 Å². The number of nitrogens with zero attached hydrogens (tertiary/aromatic N) is 1. The number of halogens is 2. The fraction of sp³-hybridized carbons (Fsp3) is 0.100. The van der Waals surface area contributed by atoms with E-state index in [4.69, 9.17) is 4.52 Å². The number of aryl methyl sites for hydroxylation is 1. The molecule has 0 bridgehead atoms. The molecule has 0 saturated heterocycles. The molecule has 72 valence electrons. The summed E-state index contributed by atoms with van der Waals surface area (Å²) in [5.74, 6) is 0.353. The van der Waals surface area contributed by atoms with Crippen molar-refractivity contribution in [3.8, 4) is 11.3 Å². The first-order chi connectivity index (χ1) is 6.66. The Labute approximate surface area is 88.9 Å². The van der Waals surface area contributed by atoms with E-state index in [1.807, 2.05) is 6.92 Å². The lowest BCUT2D eigenvalue weighted by molar-refractivity contribution is 0.427. The van der Waals surface area contributed by atoms with Crippen LogP contribution in [-0.4, -0.2) is 5.16 Å². The zero-order valence-corrected chi connectivity index (χ0v) is 9.01. The van der Waals surface area contributed by atoms with E-state index in [2.05, 4.69) is 21.1 Å². The van der Waals surface area contributed by atoms with E-state index in [0.29, 0.717) is 10.2 Å². The van der Waals surface area contributed by atoms with Gasteiger partial charge in [-0.15, -0.1) is 0 Å². The first-order valence-corrected chi connectivity index (χ1v) is 4.85. The SMILES string of the molecule is Cc1cc(-c2ccc(F)cc2Br)on1. The molecule has 0 aliphatic rings. The molecule has 0 unspecified atom stereocenters. The lowest BCUT2D eigenvalue weighted by Crippen LogP contribution is -1.79. The molecular weight excluding hydrogens is 249 g/mol. The fourth-order valence-corrected chi connectivity index (χ4v) is 1.73. The van der Waals surface area contributed by atoms with Crippen molar-refractivity contribution in [3.05, 3.63) is 40.2 Å². The van der Waals surface area contributed by atoms with Crippen LogP contribution in [-0.2, 0) is 0 Å². The van der Waals surface area contributed by atoms with Gasteiger partial charge in [-0.3, -0.25) is 0 Å². The van der Waals surface area contributed by atoms with Crippen molar-refractivity contribution in [1.29, 1.82) is 0 Å². The third-order valence-electron chi connectivity index (χ3n) is 1.82. The van der Waals surface area contributed by atoms with Gasteiger partial charge in [0.2, 0.25) is 0 Å². The predicted octanol–water partition coefficient (Wildman–Crippen LogP) is 3.55. The van der Waals surface area contributed by atoms with Crippen LogP contribution in [0.25, 0.3) is 11.3 Å². The van der Waals surface area contributed by atoms with Gasteiger partial charge in [0.15, 0.2) is 5.76 Å². The van der Waals surface area contributed by atoms with E-state index < -0.39 is 0 Å². The second-order valence-electron chi connectivity index (χ2n) is 2.96. The molecule has 2 aromatic rings. The summed E-state index contributed by atoms with van der Waals surface area (Å²) in [6.45, 7) is 1.84. The number of hydrogen-bond acceptors (Lipinski definition) is 2. The molecule has 14 heavy (non-hydrogen) atoms. The van der Waals surface area contributed by atoms with Crippen molar-refractivity contribution in [1.82, 2.24) is 5.16 Å². The lowest BCUT2D eigenvalue weighted by atomic mass is 10.1. The minimum absolute atomic E-state index is 0.281. The summed E-state index contributed by atoms with van der Waals surface area (Å²) >= 11 is 3.27. The van der Waals surface area contributed by atoms with Gasteiger partial charge in [-0.2, -0.15) is 0 Å². The molecule has 1 heterocycles. The number of hydrogen-bond donors (Lipinski definition) is 0. The van der Waals surface area contributed by atoms with E-state index in [-0.39, 0.29) is 5.82 Å². The Bertz CT molecular complexity index is 467. The van der Waals surface area contributed by atoms with E-state index in [1.54, 1.807) is 12.1 Å². The molecule has 2 rings (SSSR count). The lowest BCUT2D eigenvalue weighted by Gasteiger charge is -1.98. The average Bonchev–Trinajstić information content (AvgIpc) is 2.51. The Balaban J connectivity index is 2.52. The van der Waals surface area contributed by atoms with Crippen LogP contribution in [0.3, 0.4) is 0 Å². The van der Waals surface area contributed by atoms with Crippen molar-refractivity contribution in [2.75, 3.05) is 0 Å². The van der Waals surface area contributed by atoms with E-state index >= 15 is 0 Å². The molecule has 0 amide bonds. The number of rotatable bonds is 1. The summed E-state index contributed by atoms with van der Waals surface area (Å²) in [5.41, 5.74) is 1.60. The second-order valence-corrected chi connectivity index (χ2v) is 3.81. The third kappa shape index (κ3) is 1.70. The molecular formula is C10H7BrFNO. The van der Waals surface area contributed by atoms with Crippen LogP contribution in [0.5, 0.6) is 0 Å². The summed E-state index contributed by atoms with van der Waals surface area (Å²) < 4.78 is 18.5. The first kappa shape index (κ1) is 9.40. The zero-order chi connectivity index (χ0) is 10.1. The van der Waals surface area contributed by atoms with Crippen LogP contribution >= 0.6 is 15.9 Å². The van der Waals surface area contributed by atoms with Gasteiger partial charge in [0, 0.05) is 16.1 Å². The highest BCUT2D eigenvalue weighted by molar-refractivity contribution is 9.10. The third-order valence-corrected chi connectivity index (χ3v) is 2.48. The molecule has 0 aliphatic carbocycles. The summed E-state index contributed by atoms with van der Waals surface area (Å²) in [6, 6.07) is 6.24. The van der Waals surface area contributed by atoms with Crippen LogP contribution in [0.4, 0.5) is 4.39 Å². The van der Waals surface area contributed by atoms with Crippen LogP contribution in [0.2, 0.25) is 0 Å².